The Morgan fingerprint density at radius 1 is 1.10 bits per heavy atom. The third-order valence-electron chi connectivity index (χ3n) is 3.31. The maximum atomic E-state index is 13.9. The zero-order valence-corrected chi connectivity index (χ0v) is 11.2. The van der Waals surface area contributed by atoms with Gasteiger partial charge in [0.25, 0.3) is 0 Å². The number of imidazole rings is 1. The zero-order chi connectivity index (χ0) is 14.7. The number of hydrogen-bond acceptors (Lipinski definition) is 2. The van der Waals surface area contributed by atoms with E-state index in [1.54, 1.807) is 36.7 Å². The van der Waals surface area contributed by atoms with E-state index in [0.717, 1.165) is 5.56 Å². The molecule has 0 radical (unpaired) electrons. The van der Waals surface area contributed by atoms with E-state index in [4.69, 9.17) is 5.26 Å². The van der Waals surface area contributed by atoms with Crippen molar-refractivity contribution in [2.24, 2.45) is 0 Å². The maximum Gasteiger partial charge on any atom is 0.143 e. The van der Waals surface area contributed by atoms with Crippen LogP contribution in [0.5, 0.6) is 0 Å². The van der Waals surface area contributed by atoms with Crippen LogP contribution in [-0.4, -0.2) is 9.55 Å². The molecular weight excluding hydrogens is 265 g/mol. The highest BCUT2D eigenvalue weighted by atomic mass is 19.1. The van der Waals surface area contributed by atoms with Crippen LogP contribution in [0.1, 0.15) is 11.1 Å². The fraction of sp³-hybridized carbons (Fsp3) is 0.0588. The van der Waals surface area contributed by atoms with Gasteiger partial charge in [0.2, 0.25) is 0 Å². The van der Waals surface area contributed by atoms with Crippen LogP contribution in [-0.2, 0) is 6.54 Å². The fourth-order valence-electron chi connectivity index (χ4n) is 2.27. The van der Waals surface area contributed by atoms with Gasteiger partial charge in [-0.2, -0.15) is 5.26 Å². The first kappa shape index (κ1) is 13.1. The molecule has 3 nitrogen and oxygen atoms in total. The van der Waals surface area contributed by atoms with Crippen LogP contribution in [0.4, 0.5) is 4.39 Å². The van der Waals surface area contributed by atoms with Crippen LogP contribution in [0.25, 0.3) is 11.4 Å². The lowest BCUT2D eigenvalue weighted by Gasteiger charge is -2.10. The van der Waals surface area contributed by atoms with Gasteiger partial charge in [-0.3, -0.25) is 0 Å². The first-order valence-electron chi connectivity index (χ1n) is 6.53. The molecule has 0 aliphatic rings. The van der Waals surface area contributed by atoms with Crippen molar-refractivity contribution in [3.05, 3.63) is 77.9 Å². The van der Waals surface area contributed by atoms with E-state index in [0.29, 0.717) is 23.5 Å². The number of aromatic nitrogens is 2. The monoisotopic (exact) mass is 277 g/mol. The molecule has 0 amide bonds. The summed E-state index contributed by atoms with van der Waals surface area (Å²) in [5.74, 6) is 0.249. The summed E-state index contributed by atoms with van der Waals surface area (Å²) in [6.07, 6.45) is 3.42. The maximum absolute atomic E-state index is 13.9. The van der Waals surface area contributed by atoms with Crippen molar-refractivity contribution in [1.29, 1.82) is 5.26 Å². The van der Waals surface area contributed by atoms with Gasteiger partial charge >= 0.3 is 0 Å². The van der Waals surface area contributed by atoms with Crippen molar-refractivity contribution in [3.8, 4) is 17.5 Å². The molecule has 0 atom stereocenters. The molecule has 21 heavy (non-hydrogen) atoms. The Morgan fingerprint density at radius 3 is 2.67 bits per heavy atom. The lowest BCUT2D eigenvalue weighted by Crippen LogP contribution is -2.03. The zero-order valence-electron chi connectivity index (χ0n) is 11.2. The fourth-order valence-corrected chi connectivity index (χ4v) is 2.27. The van der Waals surface area contributed by atoms with Crippen LogP contribution in [0, 0.1) is 17.1 Å². The summed E-state index contributed by atoms with van der Waals surface area (Å²) in [6.45, 7) is 0.480. The Bertz CT molecular complexity index is 815. The van der Waals surface area contributed by atoms with Crippen molar-refractivity contribution in [1.82, 2.24) is 9.55 Å². The minimum absolute atomic E-state index is 0.307. The average molecular weight is 277 g/mol. The van der Waals surface area contributed by atoms with Crippen molar-refractivity contribution in [2.45, 2.75) is 6.54 Å². The van der Waals surface area contributed by atoms with Crippen molar-refractivity contribution in [2.75, 3.05) is 0 Å². The Kier molecular flexibility index (Phi) is 3.48. The third kappa shape index (κ3) is 2.54. The molecule has 0 aliphatic carbocycles. The molecule has 2 aromatic carbocycles. The minimum atomic E-state index is -0.307. The van der Waals surface area contributed by atoms with Gasteiger partial charge in [0.1, 0.15) is 11.6 Å². The number of hydrogen-bond donors (Lipinski definition) is 0. The molecule has 1 aromatic heterocycles. The van der Waals surface area contributed by atoms with E-state index < -0.39 is 0 Å². The molecule has 4 heteroatoms. The predicted octanol–water partition coefficient (Wildman–Crippen LogP) is 3.61. The first-order chi connectivity index (χ1) is 10.3. The molecular formula is C17H12FN3. The topological polar surface area (TPSA) is 41.6 Å². The molecule has 3 aromatic rings. The Morgan fingerprint density at radius 2 is 1.86 bits per heavy atom. The summed E-state index contributed by atoms with van der Waals surface area (Å²) in [7, 11) is 0. The molecule has 102 valence electrons. The summed E-state index contributed by atoms with van der Waals surface area (Å²) >= 11 is 0. The molecule has 0 unspecified atom stereocenters. The average Bonchev–Trinajstić information content (AvgIpc) is 2.96. The third-order valence-corrected chi connectivity index (χ3v) is 3.31. The SMILES string of the molecule is N#Cc1ccccc1Cn1ccnc1-c1ccccc1F. The molecule has 0 spiro atoms. The highest BCUT2D eigenvalue weighted by Crippen LogP contribution is 2.22. The molecule has 3 rings (SSSR count). The number of nitrogens with zero attached hydrogens (tertiary/aromatic N) is 3. The second-order valence-corrected chi connectivity index (χ2v) is 4.63. The van der Waals surface area contributed by atoms with Gasteiger partial charge in [-0.25, -0.2) is 9.37 Å². The van der Waals surface area contributed by atoms with Gasteiger partial charge in [0.05, 0.1) is 23.7 Å². The second-order valence-electron chi connectivity index (χ2n) is 4.63. The van der Waals surface area contributed by atoms with Crippen molar-refractivity contribution >= 4 is 0 Å². The van der Waals surface area contributed by atoms with Crippen LogP contribution in [0.3, 0.4) is 0 Å². The second kappa shape index (κ2) is 5.59. The summed E-state index contributed by atoms with van der Waals surface area (Å²) in [4.78, 5) is 4.24. The van der Waals surface area contributed by atoms with Gasteiger partial charge in [-0.05, 0) is 23.8 Å². The number of halogens is 1. The van der Waals surface area contributed by atoms with Crippen LogP contribution >= 0.6 is 0 Å². The normalized spacial score (nSPS) is 10.3. The molecule has 0 N–H and O–H groups in total. The van der Waals surface area contributed by atoms with E-state index in [-0.39, 0.29) is 5.82 Å². The van der Waals surface area contributed by atoms with Crippen molar-refractivity contribution < 1.29 is 4.39 Å². The van der Waals surface area contributed by atoms with E-state index in [2.05, 4.69) is 11.1 Å². The van der Waals surface area contributed by atoms with E-state index in [1.165, 1.54) is 6.07 Å². The van der Waals surface area contributed by atoms with Gasteiger partial charge in [0.15, 0.2) is 0 Å². The predicted molar refractivity (Wildman–Crippen MR) is 77.9 cm³/mol. The van der Waals surface area contributed by atoms with Crippen molar-refractivity contribution in [3.63, 3.8) is 0 Å². The summed E-state index contributed by atoms with van der Waals surface area (Å²) < 4.78 is 15.8. The van der Waals surface area contributed by atoms with Gasteiger partial charge < -0.3 is 4.57 Å². The van der Waals surface area contributed by atoms with E-state index in [1.807, 2.05) is 22.8 Å². The Balaban J connectivity index is 2.01. The molecule has 1 heterocycles. The minimum Gasteiger partial charge on any atom is -0.326 e. The molecule has 0 saturated carbocycles. The van der Waals surface area contributed by atoms with Gasteiger partial charge in [0, 0.05) is 12.4 Å². The molecule has 0 aliphatic heterocycles. The highest BCUT2D eigenvalue weighted by molar-refractivity contribution is 5.56. The smallest absolute Gasteiger partial charge is 0.143 e. The first-order valence-corrected chi connectivity index (χ1v) is 6.53. The lowest BCUT2D eigenvalue weighted by molar-refractivity contribution is 0.628. The Labute approximate surface area is 121 Å². The summed E-state index contributed by atoms with van der Waals surface area (Å²) in [6, 6.07) is 16.1. The van der Waals surface area contributed by atoms with Gasteiger partial charge in [-0.15, -0.1) is 0 Å². The number of rotatable bonds is 3. The van der Waals surface area contributed by atoms with Crippen LogP contribution in [0.2, 0.25) is 0 Å². The number of nitriles is 1. The lowest BCUT2D eigenvalue weighted by atomic mass is 10.1. The van der Waals surface area contributed by atoms with E-state index in [9.17, 15) is 4.39 Å². The largest absolute Gasteiger partial charge is 0.326 e. The number of benzene rings is 2. The van der Waals surface area contributed by atoms with Crippen LogP contribution in [0.15, 0.2) is 60.9 Å². The Hall–Kier alpha value is -2.93. The quantitative estimate of drug-likeness (QED) is 0.734. The summed E-state index contributed by atoms with van der Waals surface area (Å²) in [5, 5.41) is 9.14. The standard InChI is InChI=1S/C17H12FN3/c18-16-8-4-3-7-15(16)17-20-9-10-21(17)12-14-6-2-1-5-13(14)11-19/h1-10H,12H2. The van der Waals surface area contributed by atoms with E-state index >= 15 is 0 Å². The van der Waals surface area contributed by atoms with Crippen LogP contribution < -0.4 is 0 Å². The molecule has 0 fully saturated rings. The highest BCUT2D eigenvalue weighted by Gasteiger charge is 2.11. The molecule has 0 saturated heterocycles. The summed E-state index contributed by atoms with van der Waals surface area (Å²) in [5.41, 5.74) is 1.96. The van der Waals surface area contributed by atoms with Gasteiger partial charge in [-0.1, -0.05) is 30.3 Å². The molecule has 0 bridgehead atoms.